The van der Waals surface area contributed by atoms with Crippen LogP contribution in [0, 0.1) is 0 Å². The zero-order valence-corrected chi connectivity index (χ0v) is 18.5. The Morgan fingerprint density at radius 2 is 1.00 bits per heavy atom. The van der Waals surface area contributed by atoms with Gasteiger partial charge < -0.3 is 0 Å². The van der Waals surface area contributed by atoms with Crippen molar-refractivity contribution in [3.8, 4) is 0 Å². The van der Waals surface area contributed by atoms with Crippen molar-refractivity contribution < 1.29 is 0 Å². The van der Waals surface area contributed by atoms with Crippen LogP contribution in [0.4, 0.5) is 0 Å². The lowest BCUT2D eigenvalue weighted by Crippen LogP contribution is -2.04. The summed E-state index contributed by atoms with van der Waals surface area (Å²) in [6, 6.07) is 13.9. The fraction of sp³-hybridized carbons (Fsp3) is 0.500. The number of benzene rings is 2. The summed E-state index contributed by atoms with van der Waals surface area (Å²) in [4.78, 5) is 0. The predicted molar refractivity (Wildman–Crippen MR) is 125 cm³/mol. The normalized spacial score (nSPS) is 20.1. The van der Waals surface area contributed by atoms with Crippen LogP contribution in [-0.2, 0) is 12.8 Å². The average Bonchev–Trinajstić information content (AvgIpc) is 2.74. The highest BCUT2D eigenvalue weighted by Crippen LogP contribution is 2.38. The van der Waals surface area contributed by atoms with E-state index < -0.39 is 0 Å². The lowest BCUT2D eigenvalue weighted by Gasteiger charge is -2.21. The molecular weight excluding hydrogens is 336 g/mol. The number of hydrogen-bond acceptors (Lipinski definition) is 0. The Bertz CT molecular complexity index is 794. The maximum atomic E-state index is 2.38. The van der Waals surface area contributed by atoms with Gasteiger partial charge in [0.15, 0.2) is 0 Å². The van der Waals surface area contributed by atoms with Crippen LogP contribution in [0.15, 0.2) is 58.7 Å². The van der Waals surface area contributed by atoms with Crippen molar-refractivity contribution in [2.24, 2.45) is 0 Å². The number of rotatable bonds is 8. The van der Waals surface area contributed by atoms with Crippen LogP contribution in [0.3, 0.4) is 0 Å². The molecule has 0 aliphatic heterocycles. The molecule has 0 amide bonds. The molecule has 0 bridgehead atoms. The van der Waals surface area contributed by atoms with Gasteiger partial charge in [0.1, 0.15) is 0 Å². The van der Waals surface area contributed by atoms with Crippen LogP contribution in [0.2, 0.25) is 0 Å². The highest BCUT2D eigenvalue weighted by molar-refractivity contribution is 5.89. The lowest BCUT2D eigenvalue weighted by molar-refractivity contribution is 0.769. The van der Waals surface area contributed by atoms with Gasteiger partial charge in [-0.15, -0.1) is 0 Å². The lowest BCUT2D eigenvalue weighted by atomic mass is 9.84. The summed E-state index contributed by atoms with van der Waals surface area (Å²) in [5, 5.41) is 2.94. The van der Waals surface area contributed by atoms with Crippen molar-refractivity contribution in [2.45, 2.75) is 91.9 Å². The van der Waals surface area contributed by atoms with Crippen LogP contribution >= 0.6 is 0 Å². The van der Waals surface area contributed by atoms with E-state index >= 15 is 0 Å². The zero-order chi connectivity index (χ0) is 19.9. The van der Waals surface area contributed by atoms with Crippen LogP contribution < -0.4 is 0 Å². The predicted octanol–water partition coefficient (Wildman–Crippen LogP) is 8.73. The summed E-state index contributed by atoms with van der Waals surface area (Å²) in [6.07, 6.45) is 12.2. The zero-order valence-electron chi connectivity index (χ0n) is 18.5. The molecule has 1 aliphatic carbocycles. The largest absolute Gasteiger partial charge is 0.0651 e. The first kappa shape index (κ1) is 20.9. The first-order chi connectivity index (χ1) is 13.7. The highest BCUT2D eigenvalue weighted by Gasteiger charge is 2.20. The van der Waals surface area contributed by atoms with Crippen LogP contribution in [0.25, 0.3) is 10.8 Å². The number of hydrogen-bond donors (Lipinski definition) is 0. The van der Waals surface area contributed by atoms with Crippen molar-refractivity contribution in [1.82, 2.24) is 0 Å². The highest BCUT2D eigenvalue weighted by atomic mass is 14.2. The third-order valence-electron chi connectivity index (χ3n) is 6.21. The first-order valence-electron chi connectivity index (χ1n) is 11.6. The van der Waals surface area contributed by atoms with E-state index in [-0.39, 0.29) is 0 Å². The maximum Gasteiger partial charge on any atom is -0.00549 e. The minimum atomic E-state index is 1.13. The topological polar surface area (TPSA) is 0 Å². The van der Waals surface area contributed by atoms with Gasteiger partial charge in [-0.25, -0.2) is 0 Å². The summed E-state index contributed by atoms with van der Waals surface area (Å²) in [7, 11) is 0. The molecule has 2 aromatic rings. The molecule has 0 saturated carbocycles. The molecule has 150 valence electrons. The van der Waals surface area contributed by atoms with Crippen LogP contribution in [-0.4, -0.2) is 0 Å². The first-order valence-corrected chi connectivity index (χ1v) is 11.6. The SMILES string of the molecule is CCC/C1=C(CCC)/C(CCC)=C(/CCC)Cc2cccc3cccc(c23)C1. The molecule has 28 heavy (non-hydrogen) atoms. The van der Waals surface area contributed by atoms with E-state index in [9.17, 15) is 0 Å². The summed E-state index contributed by atoms with van der Waals surface area (Å²) in [6.45, 7) is 9.38. The summed E-state index contributed by atoms with van der Waals surface area (Å²) >= 11 is 0. The second-order valence-electron chi connectivity index (χ2n) is 8.45. The third-order valence-corrected chi connectivity index (χ3v) is 6.21. The summed E-state index contributed by atoms with van der Waals surface area (Å²) in [5.74, 6) is 0. The van der Waals surface area contributed by atoms with Gasteiger partial charge in [0.2, 0.25) is 0 Å². The van der Waals surface area contributed by atoms with E-state index in [0.717, 1.165) is 12.8 Å². The molecule has 0 spiro atoms. The van der Waals surface area contributed by atoms with Crippen LogP contribution in [0.5, 0.6) is 0 Å². The monoisotopic (exact) mass is 374 g/mol. The van der Waals surface area contributed by atoms with Crippen molar-refractivity contribution in [3.05, 3.63) is 69.8 Å². The van der Waals surface area contributed by atoms with Gasteiger partial charge >= 0.3 is 0 Å². The van der Waals surface area contributed by atoms with E-state index in [1.54, 1.807) is 33.4 Å². The van der Waals surface area contributed by atoms with Crippen molar-refractivity contribution in [1.29, 1.82) is 0 Å². The molecular formula is C28H38. The fourth-order valence-corrected chi connectivity index (χ4v) is 5.13. The van der Waals surface area contributed by atoms with Crippen molar-refractivity contribution in [3.63, 3.8) is 0 Å². The molecule has 0 unspecified atom stereocenters. The van der Waals surface area contributed by atoms with Gasteiger partial charge in [-0.3, -0.25) is 0 Å². The summed E-state index contributed by atoms with van der Waals surface area (Å²) < 4.78 is 0. The summed E-state index contributed by atoms with van der Waals surface area (Å²) in [5.41, 5.74) is 9.95. The average molecular weight is 375 g/mol. The molecule has 1 aliphatic rings. The molecule has 0 fully saturated rings. The minimum Gasteiger partial charge on any atom is -0.0651 e. The van der Waals surface area contributed by atoms with E-state index in [2.05, 4.69) is 64.1 Å². The molecule has 0 heteroatoms. The Labute approximate surface area is 172 Å². The Kier molecular flexibility index (Phi) is 7.54. The Balaban J connectivity index is 2.31. The van der Waals surface area contributed by atoms with E-state index in [1.165, 1.54) is 62.1 Å². The molecule has 0 atom stereocenters. The molecule has 3 rings (SSSR count). The quantitative estimate of drug-likeness (QED) is 0.433. The second kappa shape index (κ2) is 10.1. The van der Waals surface area contributed by atoms with Gasteiger partial charge in [0.25, 0.3) is 0 Å². The van der Waals surface area contributed by atoms with Crippen molar-refractivity contribution >= 4 is 10.8 Å². The van der Waals surface area contributed by atoms with Gasteiger partial charge in [-0.05, 0) is 71.6 Å². The molecule has 0 radical (unpaired) electrons. The molecule has 2 aromatic carbocycles. The Morgan fingerprint density at radius 3 is 1.39 bits per heavy atom. The molecule has 0 saturated heterocycles. The Hall–Kier alpha value is -1.82. The molecule has 0 heterocycles. The van der Waals surface area contributed by atoms with Gasteiger partial charge in [-0.1, -0.05) is 101 Å². The van der Waals surface area contributed by atoms with Gasteiger partial charge in [-0.2, -0.15) is 0 Å². The number of allylic oxidation sites excluding steroid dienone is 4. The molecule has 0 nitrogen and oxygen atoms in total. The van der Waals surface area contributed by atoms with Crippen LogP contribution in [0.1, 0.15) is 90.2 Å². The van der Waals surface area contributed by atoms with E-state index in [0.29, 0.717) is 0 Å². The van der Waals surface area contributed by atoms with Gasteiger partial charge in [0, 0.05) is 0 Å². The standard InChI is InChI=1S/C28H38/c1-5-11-22-19-24-17-9-15-21-16-10-18-25(28(21)24)20-23(12-6-2)27(14-8-4)26(22)13-7-3/h9-10,15-18H,5-8,11-14,19-20H2,1-4H3/b26-22-,27-23-. The fourth-order valence-electron chi connectivity index (χ4n) is 5.13. The second-order valence-corrected chi connectivity index (χ2v) is 8.45. The Morgan fingerprint density at radius 1 is 0.571 bits per heavy atom. The minimum absolute atomic E-state index is 1.13. The van der Waals surface area contributed by atoms with E-state index in [4.69, 9.17) is 0 Å². The third kappa shape index (κ3) is 4.43. The van der Waals surface area contributed by atoms with E-state index in [1.807, 2.05) is 0 Å². The van der Waals surface area contributed by atoms with Gasteiger partial charge in [0.05, 0.1) is 0 Å². The molecule has 0 N–H and O–H groups in total. The maximum absolute atomic E-state index is 2.38. The van der Waals surface area contributed by atoms with Crippen molar-refractivity contribution in [2.75, 3.05) is 0 Å². The smallest absolute Gasteiger partial charge is 0.00549 e. The molecule has 0 aromatic heterocycles.